The lowest BCUT2D eigenvalue weighted by molar-refractivity contribution is -0.136. The lowest BCUT2D eigenvalue weighted by Crippen LogP contribution is -2.17. The highest BCUT2D eigenvalue weighted by Gasteiger charge is 2.09. The van der Waals surface area contributed by atoms with Gasteiger partial charge in [-0.2, -0.15) is 0 Å². The molecule has 0 saturated heterocycles. The summed E-state index contributed by atoms with van der Waals surface area (Å²) < 4.78 is 10.2. The summed E-state index contributed by atoms with van der Waals surface area (Å²) in [6.45, 7) is -0.345. The standard InChI is InChI=1S/C15H10Cl2O5/c16-10-3-6-13(12(17)7-10)21-8-14(18)22-11-4-1-9(2-5-11)15(19)20/h1-7H,8H2,(H,19,20). The van der Waals surface area contributed by atoms with Crippen LogP contribution in [0.2, 0.25) is 10.0 Å². The van der Waals surface area contributed by atoms with E-state index >= 15 is 0 Å². The highest BCUT2D eigenvalue weighted by atomic mass is 35.5. The van der Waals surface area contributed by atoms with Gasteiger partial charge in [0, 0.05) is 5.02 Å². The van der Waals surface area contributed by atoms with E-state index in [0.717, 1.165) is 0 Å². The number of esters is 1. The van der Waals surface area contributed by atoms with E-state index in [1.807, 2.05) is 0 Å². The summed E-state index contributed by atoms with van der Waals surface area (Å²) in [6.07, 6.45) is 0. The first-order chi connectivity index (χ1) is 10.5. The number of rotatable bonds is 5. The van der Waals surface area contributed by atoms with Gasteiger partial charge in [0.2, 0.25) is 0 Å². The number of benzene rings is 2. The Bertz CT molecular complexity index is 698. The maximum atomic E-state index is 11.7. The van der Waals surface area contributed by atoms with Crippen molar-refractivity contribution in [1.82, 2.24) is 0 Å². The molecule has 0 aliphatic heterocycles. The van der Waals surface area contributed by atoms with Crippen LogP contribution in [0.5, 0.6) is 11.5 Å². The van der Waals surface area contributed by atoms with E-state index in [-0.39, 0.29) is 22.9 Å². The number of carboxylic acids is 1. The van der Waals surface area contributed by atoms with Crippen LogP contribution in [0.3, 0.4) is 0 Å². The van der Waals surface area contributed by atoms with Crippen LogP contribution in [0.4, 0.5) is 0 Å². The van der Waals surface area contributed by atoms with Crippen molar-refractivity contribution in [2.24, 2.45) is 0 Å². The molecule has 22 heavy (non-hydrogen) atoms. The van der Waals surface area contributed by atoms with Crippen molar-refractivity contribution in [2.45, 2.75) is 0 Å². The molecule has 2 rings (SSSR count). The molecule has 5 nitrogen and oxygen atoms in total. The third-order valence-electron chi connectivity index (χ3n) is 2.57. The monoisotopic (exact) mass is 340 g/mol. The maximum Gasteiger partial charge on any atom is 0.349 e. The Labute approximate surface area is 136 Å². The average molecular weight is 341 g/mol. The predicted molar refractivity (Wildman–Crippen MR) is 81.0 cm³/mol. The van der Waals surface area contributed by atoms with Gasteiger partial charge in [0.05, 0.1) is 10.6 Å². The second-order valence-corrected chi connectivity index (χ2v) is 5.01. The molecule has 0 fully saturated rings. The molecular weight excluding hydrogens is 331 g/mol. The molecule has 0 saturated carbocycles. The zero-order valence-electron chi connectivity index (χ0n) is 11.1. The fraction of sp³-hybridized carbons (Fsp3) is 0.0667. The first-order valence-electron chi connectivity index (χ1n) is 6.07. The molecule has 2 aromatic rings. The van der Waals surface area contributed by atoms with Crippen molar-refractivity contribution >= 4 is 35.1 Å². The number of aromatic carboxylic acids is 1. The Kier molecular flexibility index (Phi) is 5.25. The first kappa shape index (κ1) is 16.1. The predicted octanol–water partition coefficient (Wildman–Crippen LogP) is 3.68. The Hall–Kier alpha value is -2.24. The number of hydrogen-bond donors (Lipinski definition) is 1. The molecule has 0 radical (unpaired) electrons. The van der Waals surface area contributed by atoms with Crippen LogP contribution in [-0.4, -0.2) is 23.7 Å². The van der Waals surface area contributed by atoms with Crippen LogP contribution < -0.4 is 9.47 Å². The quantitative estimate of drug-likeness (QED) is 0.663. The van der Waals surface area contributed by atoms with E-state index in [4.69, 9.17) is 37.8 Å². The lowest BCUT2D eigenvalue weighted by atomic mass is 10.2. The molecule has 0 bridgehead atoms. The minimum Gasteiger partial charge on any atom is -0.480 e. The van der Waals surface area contributed by atoms with Crippen molar-refractivity contribution in [3.8, 4) is 11.5 Å². The zero-order valence-corrected chi connectivity index (χ0v) is 12.6. The van der Waals surface area contributed by atoms with Crippen LogP contribution in [0.15, 0.2) is 42.5 Å². The van der Waals surface area contributed by atoms with E-state index in [1.54, 1.807) is 12.1 Å². The average Bonchev–Trinajstić information content (AvgIpc) is 2.47. The molecule has 2 aromatic carbocycles. The van der Waals surface area contributed by atoms with E-state index in [1.165, 1.54) is 30.3 Å². The molecule has 0 aliphatic carbocycles. The Morgan fingerprint density at radius 3 is 2.32 bits per heavy atom. The summed E-state index contributed by atoms with van der Waals surface area (Å²) in [5, 5.41) is 9.50. The molecule has 0 aromatic heterocycles. The van der Waals surface area contributed by atoms with Gasteiger partial charge < -0.3 is 14.6 Å². The van der Waals surface area contributed by atoms with E-state index in [0.29, 0.717) is 10.8 Å². The van der Waals surface area contributed by atoms with Crippen LogP contribution in [0.1, 0.15) is 10.4 Å². The number of carbonyl (C=O) groups is 2. The molecule has 0 amide bonds. The summed E-state index contributed by atoms with van der Waals surface area (Å²) >= 11 is 11.7. The van der Waals surface area contributed by atoms with Gasteiger partial charge in [-0.3, -0.25) is 0 Å². The van der Waals surface area contributed by atoms with Gasteiger partial charge in [-0.25, -0.2) is 9.59 Å². The van der Waals surface area contributed by atoms with Crippen LogP contribution in [0, 0.1) is 0 Å². The molecule has 0 heterocycles. The minimum absolute atomic E-state index is 0.101. The Morgan fingerprint density at radius 1 is 1.05 bits per heavy atom. The molecule has 0 spiro atoms. The second kappa shape index (κ2) is 7.15. The molecule has 1 N–H and O–H groups in total. The molecule has 114 valence electrons. The van der Waals surface area contributed by atoms with Crippen molar-refractivity contribution in [3.63, 3.8) is 0 Å². The van der Waals surface area contributed by atoms with Crippen molar-refractivity contribution in [2.75, 3.05) is 6.61 Å². The summed E-state index contributed by atoms with van der Waals surface area (Å²) in [5.41, 5.74) is 0.101. The van der Waals surface area contributed by atoms with Gasteiger partial charge in [0.1, 0.15) is 11.5 Å². The third-order valence-corrected chi connectivity index (χ3v) is 3.10. The smallest absolute Gasteiger partial charge is 0.349 e. The normalized spacial score (nSPS) is 10.1. The summed E-state index contributed by atoms with van der Waals surface area (Å²) in [4.78, 5) is 22.4. The largest absolute Gasteiger partial charge is 0.480 e. The van der Waals surface area contributed by atoms with Gasteiger partial charge in [-0.05, 0) is 42.5 Å². The second-order valence-electron chi connectivity index (χ2n) is 4.17. The van der Waals surface area contributed by atoms with Crippen molar-refractivity contribution < 1.29 is 24.2 Å². The van der Waals surface area contributed by atoms with Gasteiger partial charge in [-0.15, -0.1) is 0 Å². The maximum absolute atomic E-state index is 11.7. The van der Waals surface area contributed by atoms with Gasteiger partial charge in [0.25, 0.3) is 0 Å². The number of hydrogen-bond acceptors (Lipinski definition) is 4. The zero-order chi connectivity index (χ0) is 16.1. The number of halogens is 2. The molecule has 7 heteroatoms. The van der Waals surface area contributed by atoms with Crippen LogP contribution >= 0.6 is 23.2 Å². The van der Waals surface area contributed by atoms with E-state index in [9.17, 15) is 9.59 Å². The SMILES string of the molecule is O=C(COc1ccc(Cl)cc1Cl)Oc1ccc(C(=O)O)cc1. The van der Waals surface area contributed by atoms with Crippen molar-refractivity contribution in [3.05, 3.63) is 58.1 Å². The topological polar surface area (TPSA) is 72.8 Å². The van der Waals surface area contributed by atoms with Crippen molar-refractivity contribution in [1.29, 1.82) is 0 Å². The minimum atomic E-state index is -1.06. The molecule has 0 atom stereocenters. The van der Waals surface area contributed by atoms with Gasteiger partial charge in [-0.1, -0.05) is 23.2 Å². The van der Waals surface area contributed by atoms with Gasteiger partial charge in [0.15, 0.2) is 6.61 Å². The summed E-state index contributed by atoms with van der Waals surface area (Å²) in [7, 11) is 0. The number of carboxylic acid groups (broad SMARTS) is 1. The Balaban J connectivity index is 1.91. The summed E-state index contributed by atoms with van der Waals surface area (Å²) in [6, 6.07) is 10.1. The van der Waals surface area contributed by atoms with E-state index < -0.39 is 11.9 Å². The fourth-order valence-electron chi connectivity index (χ4n) is 1.56. The molecule has 0 aliphatic rings. The first-order valence-corrected chi connectivity index (χ1v) is 6.83. The summed E-state index contributed by atoms with van der Waals surface area (Å²) in [5.74, 6) is -1.17. The fourth-order valence-corrected chi connectivity index (χ4v) is 2.02. The third kappa shape index (κ3) is 4.38. The number of carbonyl (C=O) groups excluding carboxylic acids is 1. The molecule has 0 unspecified atom stereocenters. The number of ether oxygens (including phenoxy) is 2. The van der Waals surface area contributed by atoms with Crippen LogP contribution in [0.25, 0.3) is 0 Å². The van der Waals surface area contributed by atoms with Crippen LogP contribution in [-0.2, 0) is 4.79 Å². The highest BCUT2D eigenvalue weighted by molar-refractivity contribution is 6.35. The molecular formula is C15H10Cl2O5. The van der Waals surface area contributed by atoms with Gasteiger partial charge >= 0.3 is 11.9 Å². The Morgan fingerprint density at radius 2 is 1.73 bits per heavy atom. The lowest BCUT2D eigenvalue weighted by Gasteiger charge is -2.08. The van der Waals surface area contributed by atoms with E-state index in [2.05, 4.69) is 0 Å². The highest BCUT2D eigenvalue weighted by Crippen LogP contribution is 2.27.